The number of nitrogens with two attached hydrogens (primary N) is 1. The van der Waals surface area contributed by atoms with Crippen LogP contribution in [0.25, 0.3) is 0 Å². The van der Waals surface area contributed by atoms with Gasteiger partial charge in [0.05, 0.1) is 7.11 Å². The third kappa shape index (κ3) is 3.17. The minimum Gasteiger partial charge on any atom is -0.497 e. The Balaban J connectivity index is 2.15. The van der Waals surface area contributed by atoms with E-state index < -0.39 is 0 Å². The fraction of sp³-hybridized carbons (Fsp3) is 0.500. The number of benzene rings is 1. The summed E-state index contributed by atoms with van der Waals surface area (Å²) in [5, 5.41) is 3.63. The first-order valence-electron chi connectivity index (χ1n) is 6.95. The fourth-order valence-electron chi connectivity index (χ4n) is 2.80. The predicted octanol–water partition coefficient (Wildman–Crippen LogP) is 2.05. The highest BCUT2D eigenvalue weighted by Crippen LogP contribution is 2.30. The van der Waals surface area contributed by atoms with Gasteiger partial charge in [0.15, 0.2) is 0 Å². The average molecular weight is 260 g/mol. The number of hydrogen-bond donors (Lipinski definition) is 2. The van der Waals surface area contributed by atoms with Crippen LogP contribution < -0.4 is 15.8 Å². The van der Waals surface area contributed by atoms with E-state index in [-0.39, 0.29) is 5.54 Å². The van der Waals surface area contributed by atoms with Crippen LogP contribution in [0.4, 0.5) is 0 Å². The summed E-state index contributed by atoms with van der Waals surface area (Å²) in [7, 11) is 1.71. The molecule has 0 saturated heterocycles. The van der Waals surface area contributed by atoms with E-state index in [4.69, 9.17) is 10.5 Å². The topological polar surface area (TPSA) is 47.3 Å². The van der Waals surface area contributed by atoms with Gasteiger partial charge in [-0.25, -0.2) is 0 Å². The van der Waals surface area contributed by atoms with E-state index in [1.807, 2.05) is 12.1 Å². The Morgan fingerprint density at radius 2 is 2.32 bits per heavy atom. The molecule has 0 spiro atoms. The maximum absolute atomic E-state index is 6.03. The van der Waals surface area contributed by atoms with Crippen LogP contribution in [0, 0.1) is 0 Å². The molecule has 1 aliphatic carbocycles. The molecule has 0 amide bonds. The molecule has 3 heteroatoms. The molecule has 2 rings (SSSR count). The standard InChI is InChI=1S/C16H24N2O/c1-3-4-9-18-16(12-17)8-7-13-5-6-15(19-2)10-14(13)11-16/h3,5-6,10,18H,1,4,7-9,11-12,17H2,2H3. The summed E-state index contributed by atoms with van der Waals surface area (Å²) >= 11 is 0. The summed E-state index contributed by atoms with van der Waals surface area (Å²) in [5.41, 5.74) is 8.85. The van der Waals surface area contributed by atoms with Crippen molar-refractivity contribution in [1.82, 2.24) is 5.32 Å². The van der Waals surface area contributed by atoms with Gasteiger partial charge in [0.2, 0.25) is 0 Å². The molecular weight excluding hydrogens is 236 g/mol. The zero-order valence-corrected chi connectivity index (χ0v) is 11.7. The lowest BCUT2D eigenvalue weighted by atomic mass is 9.77. The lowest BCUT2D eigenvalue weighted by Gasteiger charge is -2.38. The van der Waals surface area contributed by atoms with Crippen molar-refractivity contribution >= 4 is 0 Å². The van der Waals surface area contributed by atoms with Crippen LogP contribution in [0.15, 0.2) is 30.9 Å². The first kappa shape index (κ1) is 14.1. The van der Waals surface area contributed by atoms with Crippen LogP contribution in [0.1, 0.15) is 24.0 Å². The average Bonchev–Trinajstić information content (AvgIpc) is 2.46. The second-order valence-electron chi connectivity index (χ2n) is 5.30. The molecule has 1 unspecified atom stereocenters. The van der Waals surface area contributed by atoms with Crippen molar-refractivity contribution in [2.24, 2.45) is 5.73 Å². The van der Waals surface area contributed by atoms with E-state index in [1.165, 1.54) is 11.1 Å². The molecule has 3 N–H and O–H groups in total. The first-order valence-corrected chi connectivity index (χ1v) is 6.95. The zero-order chi connectivity index (χ0) is 13.7. The molecule has 0 fully saturated rings. The third-order valence-electron chi connectivity index (χ3n) is 4.05. The normalized spacial score (nSPS) is 21.8. The minimum atomic E-state index is 0.0301. The molecule has 0 saturated carbocycles. The largest absolute Gasteiger partial charge is 0.497 e. The maximum Gasteiger partial charge on any atom is 0.119 e. The number of ether oxygens (including phenoxy) is 1. The van der Waals surface area contributed by atoms with Crippen LogP contribution in [0.2, 0.25) is 0 Å². The third-order valence-corrected chi connectivity index (χ3v) is 4.05. The van der Waals surface area contributed by atoms with Gasteiger partial charge in [0, 0.05) is 12.1 Å². The van der Waals surface area contributed by atoms with Crippen molar-refractivity contribution in [3.8, 4) is 5.75 Å². The van der Waals surface area contributed by atoms with Crippen molar-refractivity contribution in [1.29, 1.82) is 0 Å². The molecule has 0 aliphatic heterocycles. The van der Waals surface area contributed by atoms with Crippen LogP contribution >= 0.6 is 0 Å². The highest BCUT2D eigenvalue weighted by Gasteiger charge is 2.32. The summed E-state index contributed by atoms with van der Waals surface area (Å²) in [6.07, 6.45) is 6.08. The van der Waals surface area contributed by atoms with Gasteiger partial charge in [0.1, 0.15) is 5.75 Å². The van der Waals surface area contributed by atoms with E-state index in [0.29, 0.717) is 6.54 Å². The molecule has 1 aliphatic rings. The van der Waals surface area contributed by atoms with Gasteiger partial charge in [0.25, 0.3) is 0 Å². The lowest BCUT2D eigenvalue weighted by Crippen LogP contribution is -2.55. The van der Waals surface area contributed by atoms with Crippen LogP contribution in [0.5, 0.6) is 5.75 Å². The SMILES string of the molecule is C=CCCNC1(CN)CCc2ccc(OC)cc2C1. The Bertz CT molecular complexity index is 444. The molecule has 0 bridgehead atoms. The molecule has 1 atom stereocenters. The van der Waals surface area contributed by atoms with Gasteiger partial charge in [-0.3, -0.25) is 0 Å². The number of aryl methyl sites for hydroxylation is 1. The van der Waals surface area contributed by atoms with Gasteiger partial charge >= 0.3 is 0 Å². The van der Waals surface area contributed by atoms with E-state index >= 15 is 0 Å². The molecule has 104 valence electrons. The van der Waals surface area contributed by atoms with Crippen molar-refractivity contribution < 1.29 is 4.74 Å². The van der Waals surface area contributed by atoms with E-state index in [9.17, 15) is 0 Å². The van der Waals surface area contributed by atoms with Crippen molar-refractivity contribution in [2.45, 2.75) is 31.2 Å². The molecule has 19 heavy (non-hydrogen) atoms. The maximum atomic E-state index is 6.03. The van der Waals surface area contributed by atoms with E-state index in [0.717, 1.165) is 38.0 Å². The van der Waals surface area contributed by atoms with Crippen LogP contribution in [-0.2, 0) is 12.8 Å². The molecule has 1 aromatic carbocycles. The Morgan fingerprint density at radius 1 is 1.47 bits per heavy atom. The second kappa shape index (κ2) is 6.22. The minimum absolute atomic E-state index is 0.0301. The van der Waals surface area contributed by atoms with Gasteiger partial charge in [-0.1, -0.05) is 12.1 Å². The van der Waals surface area contributed by atoms with Gasteiger partial charge in [-0.15, -0.1) is 6.58 Å². The van der Waals surface area contributed by atoms with Crippen molar-refractivity contribution in [3.05, 3.63) is 42.0 Å². The highest BCUT2D eigenvalue weighted by molar-refractivity contribution is 5.39. The summed E-state index contributed by atoms with van der Waals surface area (Å²) in [5.74, 6) is 0.928. The van der Waals surface area contributed by atoms with Crippen molar-refractivity contribution in [2.75, 3.05) is 20.2 Å². The summed E-state index contributed by atoms with van der Waals surface area (Å²) in [6.45, 7) is 5.37. The van der Waals surface area contributed by atoms with Crippen LogP contribution in [0.3, 0.4) is 0 Å². The van der Waals surface area contributed by atoms with Crippen LogP contribution in [-0.4, -0.2) is 25.7 Å². The molecule has 0 aromatic heterocycles. The fourth-order valence-corrected chi connectivity index (χ4v) is 2.80. The summed E-state index contributed by atoms with van der Waals surface area (Å²) in [6, 6.07) is 6.37. The quantitative estimate of drug-likeness (QED) is 0.608. The Kier molecular flexibility index (Phi) is 4.61. The lowest BCUT2D eigenvalue weighted by molar-refractivity contribution is 0.295. The summed E-state index contributed by atoms with van der Waals surface area (Å²) < 4.78 is 5.32. The number of fused-ring (bicyclic) bond motifs is 1. The summed E-state index contributed by atoms with van der Waals surface area (Å²) in [4.78, 5) is 0. The van der Waals surface area contributed by atoms with E-state index in [1.54, 1.807) is 7.11 Å². The van der Waals surface area contributed by atoms with Gasteiger partial charge < -0.3 is 15.8 Å². The molecule has 0 radical (unpaired) electrons. The zero-order valence-electron chi connectivity index (χ0n) is 11.7. The second-order valence-corrected chi connectivity index (χ2v) is 5.30. The Hall–Kier alpha value is -1.32. The number of nitrogens with one attached hydrogen (secondary N) is 1. The van der Waals surface area contributed by atoms with Gasteiger partial charge in [-0.2, -0.15) is 0 Å². The van der Waals surface area contributed by atoms with E-state index in [2.05, 4.69) is 24.0 Å². The molecule has 3 nitrogen and oxygen atoms in total. The Labute approximate surface area is 115 Å². The number of methoxy groups -OCH3 is 1. The predicted molar refractivity (Wildman–Crippen MR) is 79.6 cm³/mol. The highest BCUT2D eigenvalue weighted by atomic mass is 16.5. The number of rotatable bonds is 6. The smallest absolute Gasteiger partial charge is 0.119 e. The molecule has 0 heterocycles. The monoisotopic (exact) mass is 260 g/mol. The van der Waals surface area contributed by atoms with Crippen molar-refractivity contribution in [3.63, 3.8) is 0 Å². The Morgan fingerprint density at radius 3 is 3.00 bits per heavy atom. The van der Waals surface area contributed by atoms with Gasteiger partial charge in [-0.05, 0) is 55.5 Å². The molecular formula is C16H24N2O. The molecule has 1 aromatic rings. The first-order chi connectivity index (χ1) is 9.23. The number of hydrogen-bond acceptors (Lipinski definition) is 3.